The standard InChI is InChI=1S/C13H17NO2/c1-2-4-13-12(3-1)14(7-10-16-13)11-5-8-15-9-6-11/h1-4,11H,5-10H2. The molecule has 0 aromatic heterocycles. The third kappa shape index (κ3) is 1.76. The molecule has 0 spiro atoms. The lowest BCUT2D eigenvalue weighted by atomic mass is 10.1. The maximum Gasteiger partial charge on any atom is 0.142 e. The topological polar surface area (TPSA) is 21.7 Å². The molecule has 0 unspecified atom stereocenters. The van der Waals surface area contributed by atoms with Gasteiger partial charge in [-0.1, -0.05) is 12.1 Å². The molecule has 1 aromatic rings. The number of benzene rings is 1. The summed E-state index contributed by atoms with van der Waals surface area (Å²) < 4.78 is 11.1. The van der Waals surface area contributed by atoms with Gasteiger partial charge in [0, 0.05) is 19.3 Å². The molecule has 0 aliphatic carbocycles. The SMILES string of the molecule is c1ccc2c(c1)OCCN2C1CCOCC1. The summed E-state index contributed by atoms with van der Waals surface area (Å²) in [4.78, 5) is 2.49. The Morgan fingerprint density at radius 3 is 2.75 bits per heavy atom. The Balaban J connectivity index is 1.86. The lowest BCUT2D eigenvalue weighted by Gasteiger charge is -2.39. The molecule has 0 saturated carbocycles. The second kappa shape index (κ2) is 4.34. The summed E-state index contributed by atoms with van der Waals surface area (Å²) >= 11 is 0. The predicted octanol–water partition coefficient (Wildman–Crippen LogP) is 2.06. The van der Waals surface area contributed by atoms with Gasteiger partial charge in [0.25, 0.3) is 0 Å². The minimum absolute atomic E-state index is 0.624. The van der Waals surface area contributed by atoms with Crippen LogP contribution in [-0.4, -0.2) is 32.4 Å². The van der Waals surface area contributed by atoms with Gasteiger partial charge >= 0.3 is 0 Å². The number of fused-ring (bicyclic) bond motifs is 1. The minimum Gasteiger partial charge on any atom is -0.490 e. The fourth-order valence-electron chi connectivity index (χ4n) is 2.57. The molecule has 16 heavy (non-hydrogen) atoms. The van der Waals surface area contributed by atoms with Crippen molar-refractivity contribution in [3.63, 3.8) is 0 Å². The van der Waals surface area contributed by atoms with E-state index in [1.54, 1.807) is 0 Å². The van der Waals surface area contributed by atoms with Gasteiger partial charge in [-0.25, -0.2) is 0 Å². The van der Waals surface area contributed by atoms with E-state index in [4.69, 9.17) is 9.47 Å². The minimum atomic E-state index is 0.624. The highest BCUT2D eigenvalue weighted by molar-refractivity contribution is 5.60. The zero-order chi connectivity index (χ0) is 10.8. The number of ether oxygens (including phenoxy) is 2. The van der Waals surface area contributed by atoms with Crippen LogP contribution in [0.1, 0.15) is 12.8 Å². The number of hydrogen-bond donors (Lipinski definition) is 0. The largest absolute Gasteiger partial charge is 0.490 e. The molecule has 2 aliphatic rings. The highest BCUT2D eigenvalue weighted by atomic mass is 16.5. The summed E-state index contributed by atoms with van der Waals surface area (Å²) in [5.41, 5.74) is 1.25. The maximum atomic E-state index is 5.67. The van der Waals surface area contributed by atoms with Crippen molar-refractivity contribution in [3.05, 3.63) is 24.3 Å². The molecular formula is C13H17NO2. The van der Waals surface area contributed by atoms with Crippen LogP contribution in [0.15, 0.2) is 24.3 Å². The first kappa shape index (κ1) is 9.97. The molecule has 0 atom stereocenters. The summed E-state index contributed by atoms with van der Waals surface area (Å²) in [6, 6.07) is 8.95. The molecule has 86 valence electrons. The first-order valence-corrected chi connectivity index (χ1v) is 6.01. The highest BCUT2D eigenvalue weighted by Gasteiger charge is 2.26. The third-order valence-corrected chi connectivity index (χ3v) is 3.40. The van der Waals surface area contributed by atoms with E-state index in [1.165, 1.54) is 5.69 Å². The summed E-state index contributed by atoms with van der Waals surface area (Å²) in [5, 5.41) is 0. The molecular weight excluding hydrogens is 202 g/mol. The van der Waals surface area contributed by atoms with E-state index in [0.29, 0.717) is 6.04 Å². The quantitative estimate of drug-likeness (QED) is 0.721. The molecule has 0 radical (unpaired) electrons. The average molecular weight is 219 g/mol. The second-order valence-corrected chi connectivity index (χ2v) is 4.35. The van der Waals surface area contributed by atoms with Crippen molar-refractivity contribution in [2.45, 2.75) is 18.9 Å². The van der Waals surface area contributed by atoms with E-state index in [-0.39, 0.29) is 0 Å². The fraction of sp³-hybridized carbons (Fsp3) is 0.538. The van der Waals surface area contributed by atoms with Crippen LogP contribution >= 0.6 is 0 Å². The van der Waals surface area contributed by atoms with Gasteiger partial charge in [0.05, 0.1) is 12.2 Å². The zero-order valence-corrected chi connectivity index (χ0v) is 9.39. The van der Waals surface area contributed by atoms with Gasteiger partial charge in [0.1, 0.15) is 12.4 Å². The smallest absolute Gasteiger partial charge is 0.142 e. The van der Waals surface area contributed by atoms with Crippen LogP contribution in [0.5, 0.6) is 5.75 Å². The van der Waals surface area contributed by atoms with Gasteiger partial charge in [-0.2, -0.15) is 0 Å². The maximum absolute atomic E-state index is 5.67. The Labute approximate surface area is 96.0 Å². The van der Waals surface area contributed by atoms with Crippen LogP contribution in [0.3, 0.4) is 0 Å². The second-order valence-electron chi connectivity index (χ2n) is 4.35. The molecule has 2 aliphatic heterocycles. The monoisotopic (exact) mass is 219 g/mol. The molecule has 2 heterocycles. The normalized spacial score (nSPS) is 21.4. The Kier molecular flexibility index (Phi) is 2.70. The van der Waals surface area contributed by atoms with Gasteiger partial charge in [-0.15, -0.1) is 0 Å². The van der Waals surface area contributed by atoms with E-state index in [9.17, 15) is 0 Å². The van der Waals surface area contributed by atoms with Crippen LogP contribution in [0, 0.1) is 0 Å². The molecule has 3 nitrogen and oxygen atoms in total. The zero-order valence-electron chi connectivity index (χ0n) is 9.39. The molecule has 3 heteroatoms. The summed E-state index contributed by atoms with van der Waals surface area (Å²) in [5.74, 6) is 1.03. The summed E-state index contributed by atoms with van der Waals surface area (Å²) in [6.45, 7) is 3.59. The lowest BCUT2D eigenvalue weighted by molar-refractivity contribution is 0.0828. The Hall–Kier alpha value is -1.22. The van der Waals surface area contributed by atoms with Gasteiger partial charge in [-0.3, -0.25) is 0 Å². The van der Waals surface area contributed by atoms with E-state index in [2.05, 4.69) is 23.1 Å². The van der Waals surface area contributed by atoms with Crippen LogP contribution in [0.25, 0.3) is 0 Å². The number of hydrogen-bond acceptors (Lipinski definition) is 3. The van der Waals surface area contributed by atoms with Crippen molar-refractivity contribution in [1.82, 2.24) is 0 Å². The van der Waals surface area contributed by atoms with Crippen molar-refractivity contribution in [1.29, 1.82) is 0 Å². The summed E-state index contributed by atoms with van der Waals surface area (Å²) in [7, 11) is 0. The Morgan fingerprint density at radius 2 is 1.88 bits per heavy atom. The highest BCUT2D eigenvalue weighted by Crippen LogP contribution is 2.34. The molecule has 1 fully saturated rings. The van der Waals surface area contributed by atoms with E-state index < -0.39 is 0 Å². The molecule has 1 aromatic carbocycles. The average Bonchev–Trinajstić information content (AvgIpc) is 2.39. The molecule has 1 saturated heterocycles. The van der Waals surface area contributed by atoms with E-state index in [1.807, 2.05) is 6.07 Å². The fourth-order valence-corrected chi connectivity index (χ4v) is 2.57. The number of para-hydroxylation sites is 2. The van der Waals surface area contributed by atoms with Crippen LogP contribution in [0.4, 0.5) is 5.69 Å². The first-order chi connectivity index (χ1) is 7.95. The molecule has 0 bridgehead atoms. The van der Waals surface area contributed by atoms with Crippen LogP contribution in [-0.2, 0) is 4.74 Å². The van der Waals surface area contributed by atoms with Crippen molar-refractivity contribution in [2.75, 3.05) is 31.3 Å². The van der Waals surface area contributed by atoms with Gasteiger partial charge < -0.3 is 14.4 Å². The van der Waals surface area contributed by atoms with Crippen molar-refractivity contribution in [2.24, 2.45) is 0 Å². The van der Waals surface area contributed by atoms with Crippen molar-refractivity contribution in [3.8, 4) is 5.75 Å². The van der Waals surface area contributed by atoms with E-state index in [0.717, 1.165) is 45.0 Å². The lowest BCUT2D eigenvalue weighted by Crippen LogP contribution is -2.43. The van der Waals surface area contributed by atoms with Gasteiger partial charge in [-0.05, 0) is 25.0 Å². The summed E-state index contributed by atoms with van der Waals surface area (Å²) in [6.07, 6.45) is 2.27. The molecule has 3 rings (SSSR count). The first-order valence-electron chi connectivity index (χ1n) is 6.01. The number of nitrogens with zero attached hydrogens (tertiary/aromatic N) is 1. The predicted molar refractivity (Wildman–Crippen MR) is 63.1 cm³/mol. The van der Waals surface area contributed by atoms with Gasteiger partial charge in [0.2, 0.25) is 0 Å². The molecule has 0 amide bonds. The third-order valence-electron chi connectivity index (χ3n) is 3.40. The number of rotatable bonds is 1. The van der Waals surface area contributed by atoms with Crippen LogP contribution in [0.2, 0.25) is 0 Å². The Bertz CT molecular complexity index is 361. The van der Waals surface area contributed by atoms with E-state index >= 15 is 0 Å². The Morgan fingerprint density at radius 1 is 1.06 bits per heavy atom. The molecule has 0 N–H and O–H groups in total. The van der Waals surface area contributed by atoms with Crippen molar-refractivity contribution >= 4 is 5.69 Å². The number of anilines is 1. The van der Waals surface area contributed by atoms with Gasteiger partial charge in [0.15, 0.2) is 0 Å². The van der Waals surface area contributed by atoms with Crippen molar-refractivity contribution < 1.29 is 9.47 Å². The van der Waals surface area contributed by atoms with Crippen LogP contribution < -0.4 is 9.64 Å².